The molecule has 2 heterocycles. The van der Waals surface area contributed by atoms with Crippen molar-refractivity contribution in [1.29, 1.82) is 0 Å². The van der Waals surface area contributed by atoms with Crippen LogP contribution in [0.3, 0.4) is 0 Å². The first-order valence-electron chi connectivity index (χ1n) is 6.95. The Hall–Kier alpha value is -1.85. The second-order valence-electron chi connectivity index (χ2n) is 5.06. The zero-order valence-electron chi connectivity index (χ0n) is 11.5. The summed E-state index contributed by atoms with van der Waals surface area (Å²) in [5.74, 6) is -1.21. The largest absolute Gasteiger partial charge is 0.372 e. The highest BCUT2D eigenvalue weighted by atomic mass is 19.1. The molecule has 1 aromatic heterocycles. The van der Waals surface area contributed by atoms with Gasteiger partial charge in [0.05, 0.1) is 18.4 Å². The lowest BCUT2D eigenvalue weighted by Gasteiger charge is -2.13. The van der Waals surface area contributed by atoms with E-state index in [1.165, 1.54) is 12.1 Å². The molecule has 2 aromatic rings. The minimum Gasteiger partial charge on any atom is -0.372 e. The first-order valence-corrected chi connectivity index (χ1v) is 6.95. The molecule has 1 N–H and O–H groups in total. The quantitative estimate of drug-likeness (QED) is 0.940. The van der Waals surface area contributed by atoms with Crippen molar-refractivity contribution >= 4 is 0 Å². The number of hydrogen-bond acceptors (Lipinski definition) is 3. The maximum absolute atomic E-state index is 13.9. The van der Waals surface area contributed by atoms with Gasteiger partial charge in [0.1, 0.15) is 11.6 Å². The molecule has 1 unspecified atom stereocenters. The first kappa shape index (κ1) is 14.1. The Labute approximate surface area is 122 Å². The number of nitrogens with zero attached hydrogens (tertiary/aromatic N) is 1. The van der Waals surface area contributed by atoms with Crippen molar-refractivity contribution in [2.75, 3.05) is 13.1 Å². The van der Waals surface area contributed by atoms with Crippen LogP contribution in [0, 0.1) is 11.6 Å². The number of pyridine rings is 1. The van der Waals surface area contributed by atoms with E-state index in [2.05, 4.69) is 10.3 Å². The fraction of sp³-hybridized carbons (Fsp3) is 0.312. The summed E-state index contributed by atoms with van der Waals surface area (Å²) in [6.07, 6.45) is 2.75. The molecule has 0 bridgehead atoms. The van der Waals surface area contributed by atoms with Crippen LogP contribution in [0.25, 0.3) is 11.3 Å². The van der Waals surface area contributed by atoms with Crippen LogP contribution in [-0.4, -0.2) is 24.2 Å². The number of benzene rings is 1. The lowest BCUT2D eigenvalue weighted by atomic mass is 10.1. The maximum atomic E-state index is 13.9. The molecule has 0 aliphatic carbocycles. The second kappa shape index (κ2) is 6.28. The summed E-state index contributed by atoms with van der Waals surface area (Å²) in [6.45, 7) is 2.16. The van der Waals surface area contributed by atoms with Gasteiger partial charge in [-0.1, -0.05) is 6.07 Å². The van der Waals surface area contributed by atoms with Crippen LogP contribution in [-0.2, 0) is 11.3 Å². The highest BCUT2D eigenvalue weighted by molar-refractivity contribution is 5.63. The van der Waals surface area contributed by atoms with Crippen molar-refractivity contribution in [2.45, 2.75) is 19.1 Å². The molecule has 0 radical (unpaired) electrons. The number of rotatable bonds is 4. The average molecular weight is 290 g/mol. The summed E-state index contributed by atoms with van der Waals surface area (Å²) in [5.41, 5.74) is 1.59. The van der Waals surface area contributed by atoms with E-state index in [0.29, 0.717) is 17.9 Å². The third kappa shape index (κ3) is 3.25. The Morgan fingerprint density at radius 3 is 2.95 bits per heavy atom. The summed E-state index contributed by atoms with van der Waals surface area (Å²) in [5, 5.41) is 3.23. The Balaban J connectivity index is 1.84. The zero-order chi connectivity index (χ0) is 14.7. The fourth-order valence-electron chi connectivity index (χ4n) is 2.46. The molecule has 0 spiro atoms. The van der Waals surface area contributed by atoms with E-state index < -0.39 is 11.6 Å². The van der Waals surface area contributed by atoms with Gasteiger partial charge in [0.15, 0.2) is 0 Å². The first-order chi connectivity index (χ1) is 10.2. The zero-order valence-corrected chi connectivity index (χ0v) is 11.5. The van der Waals surface area contributed by atoms with Crippen LogP contribution in [0.15, 0.2) is 36.5 Å². The predicted molar refractivity (Wildman–Crippen MR) is 75.7 cm³/mol. The van der Waals surface area contributed by atoms with Crippen LogP contribution in [0.1, 0.15) is 12.0 Å². The van der Waals surface area contributed by atoms with Crippen LogP contribution in [0.4, 0.5) is 8.78 Å². The third-order valence-corrected chi connectivity index (χ3v) is 3.57. The summed E-state index contributed by atoms with van der Waals surface area (Å²) in [4.78, 5) is 4.23. The van der Waals surface area contributed by atoms with Crippen LogP contribution < -0.4 is 5.32 Å². The SMILES string of the molecule is Fc1ccc(-c2ncccc2COC2CCNC2)c(F)c1. The monoisotopic (exact) mass is 290 g/mol. The van der Waals surface area contributed by atoms with E-state index in [1.807, 2.05) is 6.07 Å². The van der Waals surface area contributed by atoms with Gasteiger partial charge in [-0.05, 0) is 31.2 Å². The van der Waals surface area contributed by atoms with Crippen molar-refractivity contribution in [3.8, 4) is 11.3 Å². The molecule has 3 nitrogen and oxygen atoms in total. The third-order valence-electron chi connectivity index (χ3n) is 3.57. The van der Waals surface area contributed by atoms with Gasteiger partial charge in [-0.2, -0.15) is 0 Å². The molecule has 1 fully saturated rings. The van der Waals surface area contributed by atoms with E-state index in [0.717, 1.165) is 31.1 Å². The molecule has 1 aliphatic rings. The van der Waals surface area contributed by atoms with Gasteiger partial charge in [0, 0.05) is 29.9 Å². The number of aromatic nitrogens is 1. The molecule has 1 aliphatic heterocycles. The molecular formula is C16H16F2N2O. The van der Waals surface area contributed by atoms with E-state index in [9.17, 15) is 8.78 Å². The standard InChI is InChI=1S/C16H16F2N2O/c17-12-3-4-14(15(18)8-12)16-11(2-1-6-20-16)10-21-13-5-7-19-9-13/h1-4,6,8,13,19H,5,7,9-10H2. The lowest BCUT2D eigenvalue weighted by Crippen LogP contribution is -2.16. The van der Waals surface area contributed by atoms with E-state index in [-0.39, 0.29) is 6.10 Å². The fourth-order valence-corrected chi connectivity index (χ4v) is 2.46. The van der Waals surface area contributed by atoms with E-state index >= 15 is 0 Å². The predicted octanol–water partition coefficient (Wildman–Crippen LogP) is 2.91. The molecule has 0 amide bonds. The van der Waals surface area contributed by atoms with Crippen LogP contribution in [0.2, 0.25) is 0 Å². The smallest absolute Gasteiger partial charge is 0.135 e. The Morgan fingerprint density at radius 2 is 2.19 bits per heavy atom. The van der Waals surface area contributed by atoms with Crippen molar-refractivity contribution < 1.29 is 13.5 Å². The molecule has 0 saturated carbocycles. The van der Waals surface area contributed by atoms with Gasteiger partial charge >= 0.3 is 0 Å². The topological polar surface area (TPSA) is 34.1 Å². The summed E-state index contributed by atoms with van der Waals surface area (Å²) >= 11 is 0. The van der Waals surface area contributed by atoms with Gasteiger partial charge in [-0.15, -0.1) is 0 Å². The molecule has 5 heteroatoms. The molecule has 1 atom stereocenters. The Kier molecular flexibility index (Phi) is 4.22. The summed E-state index contributed by atoms with van der Waals surface area (Å²) < 4.78 is 32.8. The molecule has 1 saturated heterocycles. The van der Waals surface area contributed by atoms with Crippen LogP contribution in [0.5, 0.6) is 0 Å². The lowest BCUT2D eigenvalue weighted by molar-refractivity contribution is 0.0543. The van der Waals surface area contributed by atoms with Gasteiger partial charge in [-0.3, -0.25) is 4.98 Å². The van der Waals surface area contributed by atoms with Crippen molar-refractivity contribution in [2.24, 2.45) is 0 Å². The van der Waals surface area contributed by atoms with Crippen molar-refractivity contribution in [1.82, 2.24) is 10.3 Å². The summed E-state index contributed by atoms with van der Waals surface area (Å²) in [6, 6.07) is 7.16. The molecule has 110 valence electrons. The normalized spacial score (nSPS) is 18.1. The number of halogens is 2. The van der Waals surface area contributed by atoms with E-state index in [4.69, 9.17) is 4.74 Å². The number of ether oxygens (including phenoxy) is 1. The Morgan fingerprint density at radius 1 is 1.29 bits per heavy atom. The van der Waals surface area contributed by atoms with Crippen molar-refractivity contribution in [3.05, 3.63) is 53.7 Å². The minimum absolute atomic E-state index is 0.177. The Bertz CT molecular complexity index is 627. The van der Waals surface area contributed by atoms with Crippen LogP contribution >= 0.6 is 0 Å². The highest BCUT2D eigenvalue weighted by Gasteiger charge is 2.17. The summed E-state index contributed by atoms with van der Waals surface area (Å²) in [7, 11) is 0. The van der Waals surface area contributed by atoms with Gasteiger partial charge < -0.3 is 10.1 Å². The molecular weight excluding hydrogens is 274 g/mol. The van der Waals surface area contributed by atoms with E-state index in [1.54, 1.807) is 12.3 Å². The van der Waals surface area contributed by atoms with Gasteiger partial charge in [0.25, 0.3) is 0 Å². The number of nitrogens with one attached hydrogen (secondary N) is 1. The minimum atomic E-state index is -0.613. The molecule has 1 aromatic carbocycles. The highest BCUT2D eigenvalue weighted by Crippen LogP contribution is 2.25. The second-order valence-corrected chi connectivity index (χ2v) is 5.06. The maximum Gasteiger partial charge on any atom is 0.135 e. The average Bonchev–Trinajstić information content (AvgIpc) is 2.99. The van der Waals surface area contributed by atoms with Crippen molar-refractivity contribution in [3.63, 3.8) is 0 Å². The molecule has 3 rings (SSSR count). The molecule has 21 heavy (non-hydrogen) atoms. The van der Waals surface area contributed by atoms with Gasteiger partial charge in [-0.25, -0.2) is 8.78 Å². The van der Waals surface area contributed by atoms with Gasteiger partial charge in [0.2, 0.25) is 0 Å². The number of hydrogen-bond donors (Lipinski definition) is 1.